The number of aryl methyl sites for hydroxylation is 1. The lowest BCUT2D eigenvalue weighted by atomic mass is 10.0. The SMILES string of the molecule is Cc1ccc(S(=O)(=O)N(CC(=O)N(Cc2ccc(Cl)c(Cl)c2)C(Cc2ccccc2)C(=O)NC(C)C)c2ccccc2Cl)cc1. The van der Waals surface area contributed by atoms with Crippen LogP contribution in [0.3, 0.4) is 0 Å². The summed E-state index contributed by atoms with van der Waals surface area (Å²) < 4.78 is 29.2. The molecule has 4 aromatic rings. The minimum absolute atomic E-state index is 0.00441. The lowest BCUT2D eigenvalue weighted by molar-refractivity contribution is -0.140. The second-order valence-corrected chi connectivity index (χ2v) is 14.0. The second-order valence-electron chi connectivity index (χ2n) is 10.9. The molecule has 1 atom stereocenters. The Bertz CT molecular complexity index is 1750. The maximum absolute atomic E-state index is 14.5. The lowest BCUT2D eigenvalue weighted by Gasteiger charge is -2.34. The Morgan fingerprint density at radius 2 is 1.42 bits per heavy atom. The van der Waals surface area contributed by atoms with E-state index < -0.39 is 28.5 Å². The molecular weight excluding hydrogens is 653 g/mol. The minimum atomic E-state index is -4.27. The van der Waals surface area contributed by atoms with Crippen LogP contribution in [-0.4, -0.2) is 43.8 Å². The van der Waals surface area contributed by atoms with Crippen LogP contribution in [0.1, 0.15) is 30.5 Å². The number of hydrogen-bond donors (Lipinski definition) is 1. The van der Waals surface area contributed by atoms with E-state index in [9.17, 15) is 18.0 Å². The number of rotatable bonds is 12. The summed E-state index contributed by atoms with van der Waals surface area (Å²) in [5, 5.41) is 3.70. The third kappa shape index (κ3) is 8.79. The molecule has 0 heterocycles. The first-order valence-corrected chi connectivity index (χ1v) is 16.9. The topological polar surface area (TPSA) is 86.8 Å². The third-order valence-corrected chi connectivity index (χ3v) is 9.88. The molecule has 1 unspecified atom stereocenters. The fourth-order valence-electron chi connectivity index (χ4n) is 4.77. The van der Waals surface area contributed by atoms with Gasteiger partial charge in [0.05, 0.1) is 25.7 Å². The number of carbonyl (C=O) groups is 2. The van der Waals surface area contributed by atoms with Gasteiger partial charge in [0.2, 0.25) is 11.8 Å². The molecule has 0 radical (unpaired) electrons. The molecule has 7 nitrogen and oxygen atoms in total. The number of halogens is 3. The normalized spacial score (nSPS) is 12.1. The van der Waals surface area contributed by atoms with E-state index in [-0.39, 0.29) is 45.5 Å². The molecule has 0 aliphatic carbocycles. The molecule has 0 spiro atoms. The average Bonchev–Trinajstić information content (AvgIpc) is 3.00. The van der Waals surface area contributed by atoms with E-state index in [1.54, 1.807) is 48.5 Å². The molecule has 11 heteroatoms. The van der Waals surface area contributed by atoms with Gasteiger partial charge >= 0.3 is 0 Å². The fourth-order valence-corrected chi connectivity index (χ4v) is 6.82. The van der Waals surface area contributed by atoms with Crippen LogP contribution in [0.5, 0.6) is 0 Å². The molecule has 1 N–H and O–H groups in total. The van der Waals surface area contributed by atoms with Gasteiger partial charge < -0.3 is 10.2 Å². The summed E-state index contributed by atoms with van der Waals surface area (Å²) in [5.41, 5.74) is 2.44. The number of benzene rings is 4. The molecule has 0 bridgehead atoms. The number of nitrogens with zero attached hydrogens (tertiary/aromatic N) is 2. The lowest BCUT2D eigenvalue weighted by Crippen LogP contribution is -2.54. The molecule has 4 aromatic carbocycles. The summed E-state index contributed by atoms with van der Waals surface area (Å²) in [6.07, 6.45) is 0.184. The average molecular weight is 687 g/mol. The van der Waals surface area contributed by atoms with Crippen molar-refractivity contribution >= 4 is 62.3 Å². The highest BCUT2D eigenvalue weighted by Gasteiger charge is 2.35. The van der Waals surface area contributed by atoms with E-state index in [0.29, 0.717) is 10.6 Å². The minimum Gasteiger partial charge on any atom is -0.352 e. The van der Waals surface area contributed by atoms with E-state index in [0.717, 1.165) is 15.4 Å². The number of para-hydroxylation sites is 1. The summed E-state index contributed by atoms with van der Waals surface area (Å²) in [6, 6.07) is 25.8. The molecule has 2 amide bonds. The standard InChI is InChI=1S/C34H34Cl3N3O4S/c1-23(2)38-34(42)32(20-25-9-5-4-6-10-25)39(21-26-15-18-28(35)30(37)19-26)33(41)22-40(31-12-8-7-11-29(31)36)45(43,44)27-16-13-24(3)14-17-27/h4-19,23,32H,20-22H2,1-3H3,(H,38,42). The Balaban J connectivity index is 1.83. The molecule has 0 aliphatic heterocycles. The van der Waals surface area contributed by atoms with Crippen LogP contribution in [0.2, 0.25) is 15.1 Å². The van der Waals surface area contributed by atoms with Crippen molar-refractivity contribution in [3.8, 4) is 0 Å². The van der Waals surface area contributed by atoms with Crippen molar-refractivity contribution in [1.82, 2.24) is 10.2 Å². The Kier molecular flexibility index (Phi) is 11.6. The highest BCUT2D eigenvalue weighted by atomic mass is 35.5. The number of amides is 2. The predicted molar refractivity (Wildman–Crippen MR) is 181 cm³/mol. The first-order valence-electron chi connectivity index (χ1n) is 14.3. The van der Waals surface area contributed by atoms with Crippen LogP contribution in [0.25, 0.3) is 0 Å². The Morgan fingerprint density at radius 1 is 0.778 bits per heavy atom. The highest BCUT2D eigenvalue weighted by molar-refractivity contribution is 7.92. The van der Waals surface area contributed by atoms with Crippen LogP contribution in [0, 0.1) is 6.92 Å². The zero-order valence-electron chi connectivity index (χ0n) is 25.1. The molecule has 0 saturated carbocycles. The van der Waals surface area contributed by atoms with Crippen LogP contribution >= 0.6 is 34.8 Å². The van der Waals surface area contributed by atoms with Crippen LogP contribution < -0.4 is 9.62 Å². The molecule has 0 fully saturated rings. The summed E-state index contributed by atoms with van der Waals surface area (Å²) in [4.78, 5) is 29.6. The second kappa shape index (κ2) is 15.1. The van der Waals surface area contributed by atoms with E-state index in [2.05, 4.69) is 5.32 Å². The van der Waals surface area contributed by atoms with Gasteiger partial charge in [0.15, 0.2) is 0 Å². The summed E-state index contributed by atoms with van der Waals surface area (Å²) in [7, 11) is -4.27. The number of sulfonamides is 1. The van der Waals surface area contributed by atoms with Crippen molar-refractivity contribution in [2.24, 2.45) is 0 Å². The quantitative estimate of drug-likeness (QED) is 0.169. The Hall–Kier alpha value is -3.56. The van der Waals surface area contributed by atoms with Gasteiger partial charge in [0.1, 0.15) is 12.6 Å². The Labute approximate surface area is 279 Å². The summed E-state index contributed by atoms with van der Waals surface area (Å²) in [5.74, 6) is -0.996. The zero-order chi connectivity index (χ0) is 32.7. The third-order valence-electron chi connectivity index (χ3n) is 7.05. The van der Waals surface area contributed by atoms with Crippen LogP contribution in [-0.2, 0) is 32.6 Å². The van der Waals surface area contributed by atoms with Crippen molar-refractivity contribution in [1.29, 1.82) is 0 Å². The van der Waals surface area contributed by atoms with Gasteiger partial charge in [-0.2, -0.15) is 0 Å². The molecule has 4 rings (SSSR count). The van der Waals surface area contributed by atoms with Crippen LogP contribution in [0.4, 0.5) is 5.69 Å². The number of carbonyl (C=O) groups excluding carboxylic acids is 2. The van der Waals surface area contributed by atoms with Gasteiger partial charge in [-0.15, -0.1) is 0 Å². The van der Waals surface area contributed by atoms with Crippen molar-refractivity contribution in [3.05, 3.63) is 129 Å². The van der Waals surface area contributed by atoms with Gasteiger partial charge in [-0.25, -0.2) is 8.42 Å². The van der Waals surface area contributed by atoms with Crippen LogP contribution in [0.15, 0.2) is 102 Å². The number of anilines is 1. The maximum Gasteiger partial charge on any atom is 0.264 e. The predicted octanol–water partition coefficient (Wildman–Crippen LogP) is 7.32. The first-order chi connectivity index (χ1) is 21.4. The first kappa shape index (κ1) is 34.3. The van der Waals surface area contributed by atoms with E-state index in [1.165, 1.54) is 23.1 Å². The smallest absolute Gasteiger partial charge is 0.264 e. The van der Waals surface area contributed by atoms with Crippen molar-refractivity contribution < 1.29 is 18.0 Å². The van der Waals surface area contributed by atoms with E-state index in [4.69, 9.17) is 34.8 Å². The van der Waals surface area contributed by atoms with E-state index in [1.807, 2.05) is 51.1 Å². The van der Waals surface area contributed by atoms with Gasteiger partial charge in [0, 0.05) is 19.0 Å². The number of hydrogen-bond acceptors (Lipinski definition) is 4. The highest BCUT2D eigenvalue weighted by Crippen LogP contribution is 2.31. The van der Waals surface area contributed by atoms with Gasteiger partial charge in [-0.3, -0.25) is 13.9 Å². The van der Waals surface area contributed by atoms with Gasteiger partial charge in [-0.05, 0) is 68.3 Å². The van der Waals surface area contributed by atoms with Crippen molar-refractivity contribution in [3.63, 3.8) is 0 Å². The zero-order valence-corrected chi connectivity index (χ0v) is 28.2. The molecule has 0 saturated heterocycles. The van der Waals surface area contributed by atoms with Gasteiger partial charge in [0.25, 0.3) is 10.0 Å². The summed E-state index contributed by atoms with van der Waals surface area (Å²) in [6.45, 7) is 4.84. The largest absolute Gasteiger partial charge is 0.352 e. The van der Waals surface area contributed by atoms with Crippen molar-refractivity contribution in [2.75, 3.05) is 10.8 Å². The molecule has 236 valence electrons. The van der Waals surface area contributed by atoms with E-state index >= 15 is 0 Å². The molecule has 45 heavy (non-hydrogen) atoms. The molecular formula is C34H34Cl3N3O4S. The Morgan fingerprint density at radius 3 is 2.04 bits per heavy atom. The maximum atomic E-state index is 14.5. The molecule has 0 aliphatic rings. The monoisotopic (exact) mass is 685 g/mol. The van der Waals surface area contributed by atoms with Gasteiger partial charge in [-0.1, -0.05) is 101 Å². The number of nitrogens with one attached hydrogen (secondary N) is 1. The summed E-state index contributed by atoms with van der Waals surface area (Å²) >= 11 is 19.0. The van der Waals surface area contributed by atoms with Crippen molar-refractivity contribution in [2.45, 2.75) is 50.7 Å². The fraction of sp³-hybridized carbons (Fsp3) is 0.235. The molecule has 0 aromatic heterocycles.